The highest BCUT2D eigenvalue weighted by Crippen LogP contribution is 2.04. The molecule has 0 aliphatic heterocycles. The molecule has 2 N–H and O–H groups in total. The molecule has 0 aromatic rings. The lowest BCUT2D eigenvalue weighted by molar-refractivity contribution is -0.141. The number of hydrogen-bond acceptors (Lipinski definition) is 3. The van der Waals surface area contributed by atoms with Crippen LogP contribution in [0.4, 0.5) is 0 Å². The summed E-state index contributed by atoms with van der Waals surface area (Å²) >= 11 is 1.58. The standard InChI is InChI=1S/C25H41NO3S/c1-3-4-5-6-7-8-9-10-11-12-13-14-15-16-17-18-19-20-24(27)26-23(25(28)29)21-22-30-2/h7-8,10-11,13-14,16-17,23H,3-6,9,12,15,18-22H2,1-2H3,(H,26,27)(H,28,29)/b8-7-,11-10-,14-13-,17-16-/t23-/m0/s1. The second kappa shape index (κ2) is 21.9. The van der Waals surface area contributed by atoms with Crippen molar-refractivity contribution in [3.05, 3.63) is 48.6 Å². The van der Waals surface area contributed by atoms with E-state index in [0.717, 1.165) is 37.9 Å². The number of amides is 1. The Balaban J connectivity index is 3.70. The van der Waals surface area contributed by atoms with E-state index in [0.29, 0.717) is 12.8 Å². The smallest absolute Gasteiger partial charge is 0.326 e. The molecule has 0 saturated carbocycles. The molecule has 0 aliphatic carbocycles. The number of aliphatic carboxylic acids is 1. The summed E-state index contributed by atoms with van der Waals surface area (Å²) in [5.41, 5.74) is 0. The number of allylic oxidation sites excluding steroid dienone is 8. The average Bonchev–Trinajstić information content (AvgIpc) is 2.73. The Kier molecular flexibility index (Phi) is 20.7. The Morgan fingerprint density at radius 2 is 1.40 bits per heavy atom. The second-order valence-corrected chi connectivity index (χ2v) is 8.21. The number of unbranched alkanes of at least 4 members (excludes halogenated alkanes) is 4. The van der Waals surface area contributed by atoms with Crippen LogP contribution in [0.5, 0.6) is 0 Å². The van der Waals surface area contributed by atoms with E-state index < -0.39 is 12.0 Å². The molecule has 0 rings (SSSR count). The summed E-state index contributed by atoms with van der Waals surface area (Å²) in [5.74, 6) is -0.420. The van der Waals surface area contributed by atoms with Crippen LogP contribution in [0.1, 0.15) is 77.6 Å². The van der Waals surface area contributed by atoms with Crippen LogP contribution in [0, 0.1) is 0 Å². The van der Waals surface area contributed by atoms with Gasteiger partial charge in [-0.3, -0.25) is 4.79 Å². The van der Waals surface area contributed by atoms with Crippen LogP contribution in [0.15, 0.2) is 48.6 Å². The van der Waals surface area contributed by atoms with Gasteiger partial charge in [-0.15, -0.1) is 0 Å². The van der Waals surface area contributed by atoms with E-state index >= 15 is 0 Å². The fourth-order valence-corrected chi connectivity index (χ4v) is 3.17. The molecule has 0 unspecified atom stereocenters. The second-order valence-electron chi connectivity index (χ2n) is 7.22. The number of nitrogens with one attached hydrogen (secondary N) is 1. The van der Waals surface area contributed by atoms with Gasteiger partial charge >= 0.3 is 5.97 Å². The van der Waals surface area contributed by atoms with Crippen molar-refractivity contribution < 1.29 is 14.7 Å². The molecule has 30 heavy (non-hydrogen) atoms. The summed E-state index contributed by atoms with van der Waals surface area (Å²) in [4.78, 5) is 23.0. The summed E-state index contributed by atoms with van der Waals surface area (Å²) < 4.78 is 0. The predicted octanol–water partition coefficient (Wildman–Crippen LogP) is 6.45. The van der Waals surface area contributed by atoms with Crippen molar-refractivity contribution in [2.75, 3.05) is 12.0 Å². The Morgan fingerprint density at radius 1 is 0.867 bits per heavy atom. The predicted molar refractivity (Wildman–Crippen MR) is 131 cm³/mol. The highest BCUT2D eigenvalue weighted by atomic mass is 32.2. The van der Waals surface area contributed by atoms with Crippen LogP contribution in [-0.4, -0.2) is 35.0 Å². The van der Waals surface area contributed by atoms with Crippen molar-refractivity contribution >= 4 is 23.6 Å². The van der Waals surface area contributed by atoms with E-state index in [9.17, 15) is 9.59 Å². The van der Waals surface area contributed by atoms with E-state index in [4.69, 9.17) is 5.11 Å². The first-order valence-electron chi connectivity index (χ1n) is 11.2. The van der Waals surface area contributed by atoms with Crippen LogP contribution in [-0.2, 0) is 9.59 Å². The molecule has 1 amide bonds. The maximum atomic E-state index is 11.9. The first kappa shape index (κ1) is 28.2. The van der Waals surface area contributed by atoms with Crippen LogP contribution >= 0.6 is 11.8 Å². The van der Waals surface area contributed by atoms with Gasteiger partial charge in [-0.1, -0.05) is 68.4 Å². The summed E-state index contributed by atoms with van der Waals surface area (Å²) in [6.07, 6.45) is 29.7. The Morgan fingerprint density at radius 3 is 1.90 bits per heavy atom. The summed E-state index contributed by atoms with van der Waals surface area (Å²) in [7, 11) is 0. The molecular formula is C25H41NO3S. The molecule has 0 aromatic heterocycles. The number of carbonyl (C=O) groups is 2. The normalized spacial score (nSPS) is 13.1. The molecule has 0 bridgehead atoms. The minimum absolute atomic E-state index is 0.181. The molecule has 0 aromatic carbocycles. The topological polar surface area (TPSA) is 66.4 Å². The van der Waals surface area contributed by atoms with Crippen molar-refractivity contribution in [2.24, 2.45) is 0 Å². The third-order valence-electron chi connectivity index (χ3n) is 4.48. The molecule has 0 fully saturated rings. The zero-order chi connectivity index (χ0) is 22.3. The van der Waals surface area contributed by atoms with Gasteiger partial charge in [-0.25, -0.2) is 4.79 Å². The van der Waals surface area contributed by atoms with Gasteiger partial charge in [0.05, 0.1) is 0 Å². The van der Waals surface area contributed by atoms with Gasteiger partial charge in [0.2, 0.25) is 5.91 Å². The maximum absolute atomic E-state index is 11.9. The average molecular weight is 436 g/mol. The minimum Gasteiger partial charge on any atom is -0.480 e. The molecule has 5 heteroatoms. The summed E-state index contributed by atoms with van der Waals surface area (Å²) in [6.45, 7) is 2.23. The fourth-order valence-electron chi connectivity index (χ4n) is 2.70. The van der Waals surface area contributed by atoms with Crippen molar-refractivity contribution in [1.29, 1.82) is 0 Å². The molecule has 1 atom stereocenters. The number of carboxylic acid groups (broad SMARTS) is 1. The van der Waals surface area contributed by atoms with Gasteiger partial charge < -0.3 is 10.4 Å². The molecule has 0 heterocycles. The summed E-state index contributed by atoms with van der Waals surface area (Å²) in [6, 6.07) is -0.776. The van der Waals surface area contributed by atoms with Gasteiger partial charge in [0.15, 0.2) is 0 Å². The van der Waals surface area contributed by atoms with E-state index in [1.54, 1.807) is 11.8 Å². The lowest BCUT2D eigenvalue weighted by Crippen LogP contribution is -2.41. The van der Waals surface area contributed by atoms with Crippen molar-refractivity contribution in [1.82, 2.24) is 5.32 Å². The Bertz CT molecular complexity index is 553. The Hall–Kier alpha value is -1.75. The lowest BCUT2D eigenvalue weighted by Gasteiger charge is -2.13. The third-order valence-corrected chi connectivity index (χ3v) is 5.12. The summed E-state index contributed by atoms with van der Waals surface area (Å²) in [5, 5.41) is 11.7. The SMILES string of the molecule is CCCCC/C=C\C/C=C\C/C=C\C/C=C\CCCC(=O)N[C@@H](CCSC)C(=O)O. The zero-order valence-corrected chi connectivity index (χ0v) is 19.7. The first-order valence-corrected chi connectivity index (χ1v) is 12.6. The van der Waals surface area contributed by atoms with Crippen molar-refractivity contribution in [2.45, 2.75) is 83.6 Å². The van der Waals surface area contributed by atoms with Gasteiger partial charge in [0.1, 0.15) is 6.04 Å². The van der Waals surface area contributed by atoms with E-state index in [1.807, 2.05) is 6.26 Å². The first-order chi connectivity index (χ1) is 14.6. The van der Waals surface area contributed by atoms with Gasteiger partial charge in [-0.05, 0) is 63.4 Å². The van der Waals surface area contributed by atoms with Gasteiger partial charge in [0.25, 0.3) is 0 Å². The zero-order valence-electron chi connectivity index (χ0n) is 18.9. The molecule has 170 valence electrons. The maximum Gasteiger partial charge on any atom is 0.326 e. The molecule has 0 aliphatic rings. The molecule has 0 radical (unpaired) electrons. The number of thioether (sulfide) groups is 1. The number of hydrogen-bond donors (Lipinski definition) is 2. The minimum atomic E-state index is -0.960. The fraction of sp³-hybridized carbons (Fsp3) is 0.600. The van der Waals surface area contributed by atoms with Crippen LogP contribution in [0.3, 0.4) is 0 Å². The van der Waals surface area contributed by atoms with Gasteiger partial charge in [0, 0.05) is 6.42 Å². The third kappa shape index (κ3) is 19.6. The van der Waals surface area contributed by atoms with Crippen molar-refractivity contribution in [3.8, 4) is 0 Å². The lowest BCUT2D eigenvalue weighted by atomic mass is 10.1. The number of carboxylic acids is 1. The highest BCUT2D eigenvalue weighted by Gasteiger charge is 2.18. The van der Waals surface area contributed by atoms with Gasteiger partial charge in [-0.2, -0.15) is 11.8 Å². The quantitative estimate of drug-likeness (QED) is 0.181. The van der Waals surface area contributed by atoms with Crippen molar-refractivity contribution in [3.63, 3.8) is 0 Å². The molecular weight excluding hydrogens is 394 g/mol. The number of rotatable bonds is 19. The molecule has 0 saturated heterocycles. The van der Waals surface area contributed by atoms with Crippen LogP contribution < -0.4 is 5.32 Å². The Labute approximate surface area is 188 Å². The number of carbonyl (C=O) groups excluding carboxylic acids is 1. The highest BCUT2D eigenvalue weighted by molar-refractivity contribution is 7.98. The van der Waals surface area contributed by atoms with Crippen LogP contribution in [0.2, 0.25) is 0 Å². The van der Waals surface area contributed by atoms with E-state index in [-0.39, 0.29) is 5.91 Å². The largest absolute Gasteiger partial charge is 0.480 e. The monoisotopic (exact) mass is 435 g/mol. The van der Waals surface area contributed by atoms with E-state index in [1.165, 1.54) is 25.7 Å². The molecule has 0 spiro atoms. The van der Waals surface area contributed by atoms with E-state index in [2.05, 4.69) is 60.8 Å². The van der Waals surface area contributed by atoms with Crippen LogP contribution in [0.25, 0.3) is 0 Å². The molecule has 4 nitrogen and oxygen atoms in total.